The highest BCUT2D eigenvalue weighted by molar-refractivity contribution is 7.98. The van der Waals surface area contributed by atoms with E-state index in [1.54, 1.807) is 0 Å². The van der Waals surface area contributed by atoms with Gasteiger partial charge in [-0.2, -0.15) is 11.8 Å². The molecule has 166 valence electrons. The number of fused-ring (bicyclic) bond motifs is 3. The lowest BCUT2D eigenvalue weighted by Gasteiger charge is -2.17. The van der Waals surface area contributed by atoms with Gasteiger partial charge in [0, 0.05) is 11.7 Å². The van der Waals surface area contributed by atoms with Crippen LogP contribution in [0.4, 0.5) is 4.79 Å². The number of thioether (sulfide) groups is 1. The van der Waals surface area contributed by atoms with Gasteiger partial charge in [-0.3, -0.25) is 0 Å². The van der Waals surface area contributed by atoms with E-state index < -0.39 is 18.1 Å². The van der Waals surface area contributed by atoms with Crippen molar-refractivity contribution in [1.29, 1.82) is 0 Å². The second-order valence-corrected chi connectivity index (χ2v) is 9.90. The number of alkyl carbamates (subject to hydrolysis) is 1. The van der Waals surface area contributed by atoms with Crippen LogP contribution < -0.4 is 5.32 Å². The number of benzene rings is 2. The van der Waals surface area contributed by atoms with E-state index in [1.807, 2.05) is 36.4 Å². The largest absolute Gasteiger partial charge is 0.480 e. The summed E-state index contributed by atoms with van der Waals surface area (Å²) in [5, 5.41) is 20.4. The normalized spacial score (nSPS) is 13.3. The molecule has 1 aromatic heterocycles. The van der Waals surface area contributed by atoms with E-state index in [4.69, 9.17) is 16.3 Å². The lowest BCUT2D eigenvalue weighted by Crippen LogP contribution is -2.41. The van der Waals surface area contributed by atoms with E-state index in [0.29, 0.717) is 16.0 Å². The molecule has 1 atom stereocenters. The molecule has 10 heteroatoms. The number of hydrogen-bond donors (Lipinski definition) is 2. The number of carbonyl (C=O) groups excluding carboxylic acids is 1. The van der Waals surface area contributed by atoms with Crippen LogP contribution in [0.3, 0.4) is 0 Å². The lowest BCUT2D eigenvalue weighted by atomic mass is 9.98. The molecular weight excluding hydrogens is 470 g/mol. The molecule has 0 radical (unpaired) electrons. The number of nitrogens with one attached hydrogen (secondary N) is 1. The molecule has 0 aliphatic heterocycles. The van der Waals surface area contributed by atoms with Crippen LogP contribution in [0.1, 0.15) is 28.5 Å². The Morgan fingerprint density at radius 1 is 1.12 bits per heavy atom. The minimum Gasteiger partial charge on any atom is -0.480 e. The summed E-state index contributed by atoms with van der Waals surface area (Å²) >= 11 is 8.55. The van der Waals surface area contributed by atoms with Crippen molar-refractivity contribution in [2.45, 2.75) is 24.1 Å². The van der Waals surface area contributed by atoms with E-state index in [9.17, 15) is 14.7 Å². The molecule has 1 aliphatic rings. The van der Waals surface area contributed by atoms with E-state index in [1.165, 1.54) is 23.1 Å². The number of nitrogens with zero attached hydrogens (tertiary/aromatic N) is 2. The average Bonchev–Trinajstić information content (AvgIpc) is 3.35. The molecule has 0 saturated heterocycles. The number of aliphatic carboxylic acids is 1. The van der Waals surface area contributed by atoms with Crippen molar-refractivity contribution in [3.63, 3.8) is 0 Å². The first-order valence-corrected chi connectivity index (χ1v) is 12.3. The molecule has 32 heavy (non-hydrogen) atoms. The van der Waals surface area contributed by atoms with Gasteiger partial charge >= 0.3 is 12.1 Å². The number of carboxylic acid groups (broad SMARTS) is 1. The molecule has 4 rings (SSSR count). The maximum Gasteiger partial charge on any atom is 0.407 e. The molecule has 1 heterocycles. The number of halogens is 1. The molecule has 0 fully saturated rings. The summed E-state index contributed by atoms with van der Waals surface area (Å²) in [6.45, 7) is 0.138. The second kappa shape index (κ2) is 10.3. The van der Waals surface area contributed by atoms with E-state index in [0.717, 1.165) is 27.3 Å². The van der Waals surface area contributed by atoms with Crippen molar-refractivity contribution in [2.24, 2.45) is 0 Å². The summed E-state index contributed by atoms with van der Waals surface area (Å²) in [4.78, 5) is 23.9. The third-order valence-electron chi connectivity index (χ3n) is 5.15. The van der Waals surface area contributed by atoms with Gasteiger partial charge in [-0.25, -0.2) is 9.59 Å². The fourth-order valence-electron chi connectivity index (χ4n) is 3.69. The lowest BCUT2D eigenvalue weighted by molar-refractivity contribution is -0.139. The number of aromatic nitrogens is 2. The Kier molecular flexibility index (Phi) is 7.29. The zero-order valence-corrected chi connectivity index (χ0v) is 19.3. The third kappa shape index (κ3) is 5.23. The van der Waals surface area contributed by atoms with Gasteiger partial charge in [-0.1, -0.05) is 59.9 Å². The predicted molar refractivity (Wildman–Crippen MR) is 125 cm³/mol. The second-order valence-electron chi connectivity index (χ2n) is 7.15. The van der Waals surface area contributed by atoms with Crippen LogP contribution in [-0.2, 0) is 15.3 Å². The first-order valence-electron chi connectivity index (χ1n) is 9.93. The first kappa shape index (κ1) is 22.6. The molecule has 0 saturated carbocycles. The van der Waals surface area contributed by atoms with Gasteiger partial charge in [0.2, 0.25) is 4.47 Å². The van der Waals surface area contributed by atoms with Gasteiger partial charge in [-0.05, 0) is 46.0 Å². The van der Waals surface area contributed by atoms with Crippen molar-refractivity contribution in [1.82, 2.24) is 15.5 Å². The van der Waals surface area contributed by atoms with E-state index in [2.05, 4.69) is 27.6 Å². The van der Waals surface area contributed by atoms with Gasteiger partial charge < -0.3 is 15.2 Å². The maximum atomic E-state index is 12.4. The molecule has 1 unspecified atom stereocenters. The molecule has 2 aromatic carbocycles. The van der Waals surface area contributed by atoms with Crippen molar-refractivity contribution >= 4 is 46.8 Å². The Morgan fingerprint density at radius 2 is 1.78 bits per heavy atom. The summed E-state index contributed by atoms with van der Waals surface area (Å²) in [6, 6.07) is 15.0. The van der Waals surface area contributed by atoms with E-state index >= 15 is 0 Å². The van der Waals surface area contributed by atoms with E-state index in [-0.39, 0.29) is 18.9 Å². The molecule has 0 bridgehead atoms. The highest BCUT2D eigenvalue weighted by Crippen LogP contribution is 2.44. The fraction of sp³-hybridized carbons (Fsp3) is 0.273. The standard InChI is InChI=1S/C22H20ClN3O4S2/c23-21-26-25-19(32-21)12-31-10-9-18(20(27)28)24-22(29)30-11-17-15-7-3-1-5-13(15)14-6-2-4-8-16(14)17/h1-8,17-18H,9-12H2,(H,24,29)(H,27,28). The van der Waals surface area contributed by atoms with Crippen LogP contribution in [0.5, 0.6) is 0 Å². The first-order chi connectivity index (χ1) is 15.5. The van der Waals surface area contributed by atoms with Crippen LogP contribution in [-0.4, -0.2) is 45.8 Å². The minimum absolute atomic E-state index is 0.0780. The molecule has 1 aliphatic carbocycles. The average molecular weight is 490 g/mol. The predicted octanol–water partition coefficient (Wildman–Crippen LogP) is 4.81. The number of hydrogen-bond acceptors (Lipinski definition) is 7. The fourth-order valence-corrected chi connectivity index (χ4v) is 5.62. The number of carboxylic acids is 1. The van der Waals surface area contributed by atoms with Crippen LogP contribution >= 0.6 is 34.7 Å². The molecule has 7 nitrogen and oxygen atoms in total. The summed E-state index contributed by atoms with van der Waals surface area (Å²) in [5.74, 6) is -0.0664. The van der Waals surface area contributed by atoms with Gasteiger partial charge in [0.05, 0.1) is 0 Å². The van der Waals surface area contributed by atoms with Crippen LogP contribution in [0.2, 0.25) is 4.47 Å². The van der Waals surface area contributed by atoms with Gasteiger partial charge in [0.1, 0.15) is 17.7 Å². The minimum atomic E-state index is -1.10. The maximum absolute atomic E-state index is 12.4. The Labute approximate surface area is 198 Å². The quantitative estimate of drug-likeness (QED) is 0.416. The van der Waals surface area contributed by atoms with Crippen LogP contribution in [0, 0.1) is 0 Å². The number of rotatable bonds is 9. The van der Waals surface area contributed by atoms with Crippen molar-refractivity contribution in [3.8, 4) is 11.1 Å². The van der Waals surface area contributed by atoms with Gasteiger partial charge in [0.15, 0.2) is 0 Å². The number of amides is 1. The zero-order valence-electron chi connectivity index (χ0n) is 16.9. The van der Waals surface area contributed by atoms with Crippen molar-refractivity contribution in [3.05, 3.63) is 69.1 Å². The highest BCUT2D eigenvalue weighted by atomic mass is 35.5. The summed E-state index contributed by atoms with van der Waals surface area (Å²) in [6.07, 6.45) is -0.475. The Morgan fingerprint density at radius 3 is 2.38 bits per heavy atom. The molecule has 1 amide bonds. The van der Waals surface area contributed by atoms with Crippen LogP contribution in [0.15, 0.2) is 48.5 Å². The third-order valence-corrected chi connectivity index (χ3v) is 7.36. The molecule has 2 N–H and O–H groups in total. The summed E-state index contributed by atoms with van der Waals surface area (Å²) in [7, 11) is 0. The summed E-state index contributed by atoms with van der Waals surface area (Å²) in [5.41, 5.74) is 4.47. The Hall–Kier alpha value is -2.62. The van der Waals surface area contributed by atoms with Crippen molar-refractivity contribution in [2.75, 3.05) is 12.4 Å². The van der Waals surface area contributed by atoms with Gasteiger partial charge in [0.25, 0.3) is 0 Å². The smallest absolute Gasteiger partial charge is 0.407 e. The Balaban J connectivity index is 1.30. The Bertz CT molecular complexity index is 1080. The molecular formula is C22H20ClN3O4S2. The van der Waals surface area contributed by atoms with Gasteiger partial charge in [-0.15, -0.1) is 10.2 Å². The summed E-state index contributed by atoms with van der Waals surface area (Å²) < 4.78 is 5.82. The zero-order chi connectivity index (χ0) is 22.5. The topological polar surface area (TPSA) is 101 Å². The SMILES string of the molecule is O=C(NC(CCSCc1nnc(Cl)s1)C(=O)O)OCC1c2ccccc2-c2ccccc21. The highest BCUT2D eigenvalue weighted by Gasteiger charge is 2.29. The molecule has 0 spiro atoms. The van der Waals surface area contributed by atoms with Crippen LogP contribution in [0.25, 0.3) is 11.1 Å². The number of carbonyl (C=O) groups is 2. The number of ether oxygens (including phenoxy) is 1. The monoisotopic (exact) mass is 489 g/mol. The molecule has 3 aromatic rings. The van der Waals surface area contributed by atoms with Crippen molar-refractivity contribution < 1.29 is 19.4 Å².